The fraction of sp³-hybridized carbons (Fsp3) is 0.250. The Labute approximate surface area is 89.2 Å². The van der Waals surface area contributed by atoms with Crippen LogP contribution in [0.2, 0.25) is 0 Å². The lowest BCUT2D eigenvalue weighted by molar-refractivity contribution is -0.117. The van der Waals surface area contributed by atoms with Crippen molar-refractivity contribution in [2.24, 2.45) is 5.73 Å². The van der Waals surface area contributed by atoms with Gasteiger partial charge < -0.3 is 10.8 Å². The number of amides is 1. The van der Waals surface area contributed by atoms with Gasteiger partial charge in [0, 0.05) is 6.42 Å². The van der Waals surface area contributed by atoms with Crippen molar-refractivity contribution in [2.45, 2.75) is 20.0 Å². The van der Waals surface area contributed by atoms with Gasteiger partial charge >= 0.3 is 0 Å². The topological polar surface area (TPSA) is 63.3 Å². The number of hydrogen-bond acceptors (Lipinski definition) is 2. The van der Waals surface area contributed by atoms with Crippen LogP contribution in [0.3, 0.4) is 0 Å². The zero-order chi connectivity index (χ0) is 11.3. The maximum atomic E-state index is 10.5. The summed E-state index contributed by atoms with van der Waals surface area (Å²) in [5, 5.41) is 8.92. The second kappa shape index (κ2) is 5.32. The Morgan fingerprint density at radius 1 is 1.53 bits per heavy atom. The van der Waals surface area contributed by atoms with Gasteiger partial charge in [-0.25, -0.2) is 0 Å². The molecule has 0 saturated heterocycles. The van der Waals surface area contributed by atoms with Gasteiger partial charge in [0.1, 0.15) is 0 Å². The molecule has 0 atom stereocenters. The van der Waals surface area contributed by atoms with E-state index in [1.807, 2.05) is 31.2 Å². The molecule has 3 N–H and O–H groups in total. The molecule has 0 aliphatic rings. The molecule has 1 aromatic carbocycles. The Hall–Kier alpha value is -1.61. The van der Waals surface area contributed by atoms with Gasteiger partial charge in [-0.15, -0.1) is 0 Å². The fourth-order valence-electron chi connectivity index (χ4n) is 1.33. The average Bonchev–Trinajstić information content (AvgIpc) is 2.20. The van der Waals surface area contributed by atoms with E-state index in [2.05, 4.69) is 0 Å². The number of rotatable bonds is 4. The van der Waals surface area contributed by atoms with Crippen LogP contribution in [0, 0.1) is 6.92 Å². The van der Waals surface area contributed by atoms with Gasteiger partial charge in [-0.2, -0.15) is 0 Å². The van der Waals surface area contributed by atoms with E-state index in [0.29, 0.717) is 0 Å². The second-order valence-electron chi connectivity index (χ2n) is 3.42. The third kappa shape index (κ3) is 3.56. The number of aliphatic hydroxyl groups excluding tert-OH is 1. The predicted octanol–water partition coefficient (Wildman–Crippen LogP) is 1.38. The summed E-state index contributed by atoms with van der Waals surface area (Å²) in [4.78, 5) is 10.5. The maximum absolute atomic E-state index is 10.5. The van der Waals surface area contributed by atoms with Gasteiger partial charge in [0.15, 0.2) is 0 Å². The third-order valence-corrected chi connectivity index (χ3v) is 2.13. The van der Waals surface area contributed by atoms with Crippen molar-refractivity contribution in [3.8, 4) is 0 Å². The number of carbonyl (C=O) groups excluding carboxylic acids is 1. The summed E-state index contributed by atoms with van der Waals surface area (Å²) < 4.78 is 0. The van der Waals surface area contributed by atoms with E-state index in [1.165, 1.54) is 0 Å². The van der Waals surface area contributed by atoms with Crippen LogP contribution in [-0.4, -0.2) is 11.0 Å². The van der Waals surface area contributed by atoms with Crippen LogP contribution in [0.15, 0.2) is 24.3 Å². The fourth-order valence-corrected chi connectivity index (χ4v) is 1.33. The zero-order valence-electron chi connectivity index (χ0n) is 8.73. The van der Waals surface area contributed by atoms with E-state index in [9.17, 15) is 4.79 Å². The van der Waals surface area contributed by atoms with Crippen molar-refractivity contribution in [2.75, 3.05) is 0 Å². The second-order valence-corrected chi connectivity index (χ2v) is 3.42. The smallest absolute Gasteiger partial charge is 0.221 e. The summed E-state index contributed by atoms with van der Waals surface area (Å²) in [6.45, 7) is 2.01. The first-order chi connectivity index (χ1) is 7.13. The molecule has 0 spiro atoms. The van der Waals surface area contributed by atoms with Crippen LogP contribution in [0.5, 0.6) is 0 Å². The highest BCUT2D eigenvalue weighted by Crippen LogP contribution is 2.13. The van der Waals surface area contributed by atoms with Gasteiger partial charge in [-0.1, -0.05) is 30.4 Å². The first-order valence-electron chi connectivity index (χ1n) is 4.78. The van der Waals surface area contributed by atoms with Crippen molar-refractivity contribution in [3.05, 3.63) is 41.0 Å². The molecule has 0 fully saturated rings. The Balaban J connectivity index is 2.78. The Kier molecular flexibility index (Phi) is 4.06. The van der Waals surface area contributed by atoms with Crippen LogP contribution < -0.4 is 5.73 Å². The summed E-state index contributed by atoms with van der Waals surface area (Å²) in [6.07, 6.45) is 3.85. The maximum Gasteiger partial charge on any atom is 0.221 e. The highest BCUT2D eigenvalue weighted by molar-refractivity contribution is 5.76. The van der Waals surface area contributed by atoms with Crippen molar-refractivity contribution in [3.63, 3.8) is 0 Å². The molecule has 0 aromatic heterocycles. The van der Waals surface area contributed by atoms with E-state index < -0.39 is 0 Å². The Morgan fingerprint density at radius 2 is 2.27 bits per heavy atom. The standard InChI is InChI=1S/C12H15NO2/c1-9-7-10(8-14)5-6-11(9)3-2-4-12(13)15/h2-3,5-7,14H,4,8H2,1H3,(H2,13,15). The number of nitrogens with two attached hydrogens (primary N) is 1. The molecule has 0 bridgehead atoms. The number of aliphatic hydroxyl groups is 1. The lowest BCUT2D eigenvalue weighted by Gasteiger charge is -2.02. The van der Waals surface area contributed by atoms with Crippen molar-refractivity contribution in [1.82, 2.24) is 0 Å². The van der Waals surface area contributed by atoms with Crippen LogP contribution >= 0.6 is 0 Å². The highest BCUT2D eigenvalue weighted by Gasteiger charge is 1.96. The molecule has 0 radical (unpaired) electrons. The number of benzene rings is 1. The van der Waals surface area contributed by atoms with Gasteiger partial charge in [0.2, 0.25) is 5.91 Å². The van der Waals surface area contributed by atoms with Crippen LogP contribution in [0.4, 0.5) is 0 Å². The molecule has 0 aliphatic carbocycles. The Morgan fingerprint density at radius 3 is 2.80 bits per heavy atom. The summed E-state index contributed by atoms with van der Waals surface area (Å²) in [7, 11) is 0. The first-order valence-corrected chi connectivity index (χ1v) is 4.78. The molecular weight excluding hydrogens is 190 g/mol. The van der Waals surface area contributed by atoms with E-state index in [1.54, 1.807) is 6.08 Å². The van der Waals surface area contributed by atoms with E-state index in [4.69, 9.17) is 10.8 Å². The molecule has 3 heteroatoms. The number of carbonyl (C=O) groups is 1. The summed E-state index contributed by atoms with van der Waals surface area (Å²) in [5.74, 6) is -0.337. The zero-order valence-corrected chi connectivity index (χ0v) is 8.73. The largest absolute Gasteiger partial charge is 0.392 e. The molecule has 0 aliphatic heterocycles. The minimum Gasteiger partial charge on any atom is -0.392 e. The molecule has 80 valence electrons. The number of aryl methyl sites for hydroxylation is 1. The van der Waals surface area contributed by atoms with Crippen LogP contribution in [0.1, 0.15) is 23.1 Å². The number of hydrogen-bond donors (Lipinski definition) is 2. The first kappa shape index (κ1) is 11.5. The summed E-state index contributed by atoms with van der Waals surface area (Å²) in [5.41, 5.74) is 8.01. The molecule has 0 saturated carbocycles. The molecule has 0 unspecified atom stereocenters. The molecule has 3 nitrogen and oxygen atoms in total. The van der Waals surface area contributed by atoms with Crippen molar-refractivity contribution in [1.29, 1.82) is 0 Å². The normalized spacial score (nSPS) is 10.8. The Bertz CT molecular complexity index is 383. The van der Waals surface area contributed by atoms with Crippen molar-refractivity contribution >= 4 is 12.0 Å². The SMILES string of the molecule is Cc1cc(CO)ccc1C=CCC(N)=O. The van der Waals surface area contributed by atoms with E-state index in [-0.39, 0.29) is 18.9 Å². The highest BCUT2D eigenvalue weighted by atomic mass is 16.3. The van der Waals surface area contributed by atoms with Gasteiger partial charge in [-0.3, -0.25) is 4.79 Å². The predicted molar refractivity (Wildman–Crippen MR) is 59.9 cm³/mol. The lowest BCUT2D eigenvalue weighted by atomic mass is 10.0. The number of primary amides is 1. The van der Waals surface area contributed by atoms with Gasteiger partial charge in [0.05, 0.1) is 6.61 Å². The van der Waals surface area contributed by atoms with E-state index in [0.717, 1.165) is 16.7 Å². The summed E-state index contributed by atoms with van der Waals surface area (Å²) in [6, 6.07) is 5.69. The summed E-state index contributed by atoms with van der Waals surface area (Å²) >= 11 is 0. The minimum atomic E-state index is -0.337. The van der Waals surface area contributed by atoms with Gasteiger partial charge in [0.25, 0.3) is 0 Å². The quantitative estimate of drug-likeness (QED) is 0.779. The van der Waals surface area contributed by atoms with E-state index >= 15 is 0 Å². The molecule has 1 aromatic rings. The van der Waals surface area contributed by atoms with Crippen LogP contribution in [0.25, 0.3) is 6.08 Å². The lowest BCUT2D eigenvalue weighted by Crippen LogP contribution is -2.07. The minimum absolute atomic E-state index is 0.0477. The monoisotopic (exact) mass is 205 g/mol. The van der Waals surface area contributed by atoms with Gasteiger partial charge in [-0.05, 0) is 23.6 Å². The van der Waals surface area contributed by atoms with Crippen LogP contribution in [-0.2, 0) is 11.4 Å². The molecule has 15 heavy (non-hydrogen) atoms. The molecule has 1 rings (SSSR count). The van der Waals surface area contributed by atoms with Crippen molar-refractivity contribution < 1.29 is 9.90 Å². The average molecular weight is 205 g/mol. The molecular formula is C12H15NO2. The molecule has 0 heterocycles. The third-order valence-electron chi connectivity index (χ3n) is 2.13. The molecule has 1 amide bonds.